The van der Waals surface area contributed by atoms with E-state index in [-0.39, 0.29) is 38.4 Å². The van der Waals surface area contributed by atoms with Crippen LogP contribution in [-0.4, -0.2) is 69.3 Å². The second-order valence-corrected chi connectivity index (χ2v) is 9.30. The molecule has 10 nitrogen and oxygen atoms in total. The second kappa shape index (κ2) is 26.5. The Balaban J connectivity index is 4.45. The standard InChI is InChI=1S/C30H50O10/c1-5-9-12-17-28(33)39-25(24-38-27(32)8-4)23-35-20-15-11-14-19-30(40-29(34)18-13-10-6-2)37-22-16-21-36-26(31)7-3/h7-8,25,30H,3-6,9-24H2,1-2H3. The van der Waals surface area contributed by atoms with Crippen molar-refractivity contribution in [3.63, 3.8) is 0 Å². The van der Waals surface area contributed by atoms with E-state index in [1.54, 1.807) is 0 Å². The third-order valence-corrected chi connectivity index (χ3v) is 5.64. The van der Waals surface area contributed by atoms with E-state index in [0.717, 1.165) is 69.9 Å². The fourth-order valence-electron chi connectivity index (χ4n) is 3.43. The Labute approximate surface area is 239 Å². The zero-order valence-corrected chi connectivity index (χ0v) is 24.5. The highest BCUT2D eigenvalue weighted by Gasteiger charge is 2.17. The van der Waals surface area contributed by atoms with Gasteiger partial charge in [-0.3, -0.25) is 9.59 Å². The summed E-state index contributed by atoms with van der Waals surface area (Å²) in [6.07, 6.45) is 10.2. The molecule has 0 aliphatic heterocycles. The van der Waals surface area contributed by atoms with Crippen LogP contribution in [0, 0.1) is 0 Å². The molecule has 0 bridgehead atoms. The minimum Gasteiger partial charge on any atom is -0.462 e. The summed E-state index contributed by atoms with van der Waals surface area (Å²) in [6, 6.07) is 0. The molecule has 230 valence electrons. The van der Waals surface area contributed by atoms with Crippen molar-refractivity contribution in [1.82, 2.24) is 0 Å². The van der Waals surface area contributed by atoms with Crippen LogP contribution in [0.2, 0.25) is 0 Å². The van der Waals surface area contributed by atoms with Crippen molar-refractivity contribution < 1.29 is 47.6 Å². The molecule has 0 saturated carbocycles. The van der Waals surface area contributed by atoms with Crippen LogP contribution in [0.5, 0.6) is 0 Å². The van der Waals surface area contributed by atoms with E-state index in [2.05, 4.69) is 27.0 Å². The van der Waals surface area contributed by atoms with E-state index in [9.17, 15) is 19.2 Å². The number of rotatable bonds is 27. The first-order chi connectivity index (χ1) is 19.4. The van der Waals surface area contributed by atoms with Gasteiger partial charge in [0.05, 0.1) is 19.8 Å². The number of hydrogen-bond donors (Lipinski definition) is 0. The van der Waals surface area contributed by atoms with Crippen LogP contribution in [0.3, 0.4) is 0 Å². The smallest absolute Gasteiger partial charge is 0.330 e. The van der Waals surface area contributed by atoms with Gasteiger partial charge >= 0.3 is 23.9 Å². The highest BCUT2D eigenvalue weighted by atomic mass is 16.7. The molecule has 0 aliphatic rings. The Hall–Kier alpha value is -2.72. The lowest BCUT2D eigenvalue weighted by Gasteiger charge is -2.19. The number of ether oxygens (including phenoxy) is 6. The third-order valence-electron chi connectivity index (χ3n) is 5.64. The molecule has 0 amide bonds. The highest BCUT2D eigenvalue weighted by Crippen LogP contribution is 2.12. The summed E-state index contributed by atoms with van der Waals surface area (Å²) < 4.78 is 32.3. The molecule has 0 spiro atoms. The van der Waals surface area contributed by atoms with Crippen LogP contribution in [0.1, 0.15) is 97.3 Å². The Morgan fingerprint density at radius 3 is 1.90 bits per heavy atom. The van der Waals surface area contributed by atoms with Gasteiger partial charge in [0.15, 0.2) is 6.10 Å². The number of unbranched alkanes of at least 4 members (excludes halogenated alkanes) is 6. The molecular formula is C30H50O10. The summed E-state index contributed by atoms with van der Waals surface area (Å²) in [7, 11) is 0. The largest absolute Gasteiger partial charge is 0.462 e. The maximum Gasteiger partial charge on any atom is 0.330 e. The zero-order valence-electron chi connectivity index (χ0n) is 24.5. The van der Waals surface area contributed by atoms with Crippen LogP contribution >= 0.6 is 0 Å². The summed E-state index contributed by atoms with van der Waals surface area (Å²) in [5.41, 5.74) is 0. The van der Waals surface area contributed by atoms with Gasteiger partial charge in [0, 0.05) is 44.4 Å². The van der Waals surface area contributed by atoms with Crippen LogP contribution in [-0.2, 0) is 47.6 Å². The van der Waals surface area contributed by atoms with Gasteiger partial charge in [-0.2, -0.15) is 0 Å². The van der Waals surface area contributed by atoms with Crippen molar-refractivity contribution in [3.05, 3.63) is 25.3 Å². The summed E-state index contributed by atoms with van der Waals surface area (Å²) in [5, 5.41) is 0. The molecule has 0 aliphatic carbocycles. The van der Waals surface area contributed by atoms with Gasteiger partial charge in [0.25, 0.3) is 0 Å². The monoisotopic (exact) mass is 570 g/mol. The zero-order chi connectivity index (χ0) is 29.8. The van der Waals surface area contributed by atoms with Crippen molar-refractivity contribution >= 4 is 23.9 Å². The van der Waals surface area contributed by atoms with E-state index in [1.165, 1.54) is 0 Å². The van der Waals surface area contributed by atoms with Gasteiger partial charge in [-0.1, -0.05) is 59.1 Å². The molecule has 0 aromatic heterocycles. The number of carbonyl (C=O) groups is 4. The molecule has 0 saturated heterocycles. The van der Waals surface area contributed by atoms with Gasteiger partial charge in [-0.05, 0) is 25.7 Å². The van der Waals surface area contributed by atoms with Crippen LogP contribution in [0.4, 0.5) is 0 Å². The first-order valence-corrected chi connectivity index (χ1v) is 14.5. The average Bonchev–Trinajstić information content (AvgIpc) is 2.94. The maximum atomic E-state index is 12.2. The van der Waals surface area contributed by atoms with Gasteiger partial charge in [-0.25, -0.2) is 9.59 Å². The topological polar surface area (TPSA) is 124 Å². The highest BCUT2D eigenvalue weighted by molar-refractivity contribution is 5.81. The molecule has 2 atom stereocenters. The molecule has 0 fully saturated rings. The molecule has 0 aromatic carbocycles. The fourth-order valence-corrected chi connectivity index (χ4v) is 3.43. The van der Waals surface area contributed by atoms with E-state index in [4.69, 9.17) is 28.4 Å². The van der Waals surface area contributed by atoms with E-state index in [0.29, 0.717) is 32.3 Å². The SMILES string of the molecule is C=CC(=O)OCCCOC(CCCCCOCC(COC(=O)C=C)OC(=O)CCCCC)OC(=O)CCCCC. The Morgan fingerprint density at radius 2 is 1.27 bits per heavy atom. The lowest BCUT2D eigenvalue weighted by atomic mass is 10.2. The van der Waals surface area contributed by atoms with Crippen molar-refractivity contribution in [1.29, 1.82) is 0 Å². The van der Waals surface area contributed by atoms with Gasteiger partial charge in [-0.15, -0.1) is 0 Å². The molecule has 40 heavy (non-hydrogen) atoms. The van der Waals surface area contributed by atoms with E-state index < -0.39 is 24.3 Å². The van der Waals surface area contributed by atoms with Crippen molar-refractivity contribution in [2.45, 2.75) is 110 Å². The summed E-state index contributed by atoms with van der Waals surface area (Å²) in [5.74, 6) is -1.71. The normalized spacial score (nSPS) is 12.2. The quantitative estimate of drug-likeness (QED) is 0.0418. The van der Waals surface area contributed by atoms with Crippen LogP contribution < -0.4 is 0 Å². The van der Waals surface area contributed by atoms with Gasteiger partial charge in [0.2, 0.25) is 6.29 Å². The Morgan fingerprint density at radius 1 is 0.650 bits per heavy atom. The number of hydrogen-bond acceptors (Lipinski definition) is 10. The molecule has 0 aromatic rings. The van der Waals surface area contributed by atoms with Gasteiger partial charge in [0.1, 0.15) is 6.61 Å². The summed E-state index contributed by atoms with van der Waals surface area (Å²) >= 11 is 0. The minimum absolute atomic E-state index is 0.0974. The first kappa shape index (κ1) is 37.3. The Kier molecular flexibility index (Phi) is 24.7. The molecule has 0 rings (SSSR count). The van der Waals surface area contributed by atoms with E-state index in [1.807, 2.05) is 0 Å². The van der Waals surface area contributed by atoms with Crippen molar-refractivity contribution in [2.75, 3.05) is 33.0 Å². The minimum atomic E-state index is -0.686. The first-order valence-electron chi connectivity index (χ1n) is 14.5. The fraction of sp³-hybridized carbons (Fsp3) is 0.733. The average molecular weight is 571 g/mol. The van der Waals surface area contributed by atoms with Crippen LogP contribution in [0.25, 0.3) is 0 Å². The molecular weight excluding hydrogens is 520 g/mol. The summed E-state index contributed by atoms with van der Waals surface area (Å²) in [4.78, 5) is 46.8. The number of carbonyl (C=O) groups excluding carboxylic acids is 4. The molecule has 0 heterocycles. The lowest BCUT2D eigenvalue weighted by molar-refractivity contribution is -0.181. The summed E-state index contributed by atoms with van der Waals surface area (Å²) in [6.45, 7) is 11.8. The van der Waals surface area contributed by atoms with Crippen LogP contribution in [0.15, 0.2) is 25.3 Å². The molecule has 0 radical (unpaired) electrons. The second-order valence-electron chi connectivity index (χ2n) is 9.30. The molecule has 0 N–H and O–H groups in total. The lowest BCUT2D eigenvalue weighted by Crippen LogP contribution is -2.29. The van der Waals surface area contributed by atoms with E-state index >= 15 is 0 Å². The maximum absolute atomic E-state index is 12.2. The number of esters is 4. The molecule has 2 unspecified atom stereocenters. The van der Waals surface area contributed by atoms with Crippen molar-refractivity contribution in [2.24, 2.45) is 0 Å². The van der Waals surface area contributed by atoms with Crippen molar-refractivity contribution in [3.8, 4) is 0 Å². The third kappa shape index (κ3) is 23.2. The molecule has 10 heteroatoms. The van der Waals surface area contributed by atoms with Gasteiger partial charge < -0.3 is 28.4 Å². The Bertz CT molecular complexity index is 721. The predicted molar refractivity (Wildman–Crippen MR) is 150 cm³/mol. The predicted octanol–water partition coefficient (Wildman–Crippen LogP) is 5.37.